The second kappa shape index (κ2) is 7.23. The zero-order chi connectivity index (χ0) is 25.1. The Morgan fingerprint density at radius 1 is 1.24 bits per heavy atom. The molecule has 188 valence electrons. The van der Waals surface area contributed by atoms with Crippen molar-refractivity contribution in [2.24, 2.45) is 34.5 Å². The van der Waals surface area contributed by atoms with Crippen molar-refractivity contribution in [2.45, 2.75) is 96.8 Å². The molecule has 1 unspecified atom stereocenters. The molecule has 4 fully saturated rings. The van der Waals surface area contributed by atoms with Crippen LogP contribution in [0, 0.1) is 34.5 Å². The number of halogens is 1. The number of alkyl halides is 1. The number of ether oxygens (including phenoxy) is 1. The molecule has 0 aromatic heterocycles. The van der Waals surface area contributed by atoms with E-state index in [9.17, 15) is 9.59 Å². The van der Waals surface area contributed by atoms with E-state index in [4.69, 9.17) is 9.16 Å². The van der Waals surface area contributed by atoms with Gasteiger partial charge in [-0.15, -0.1) is 0 Å². The molecule has 6 heteroatoms. The van der Waals surface area contributed by atoms with E-state index >= 15 is 4.39 Å². The third kappa shape index (κ3) is 3.06. The maximum atomic E-state index is 15.6. The van der Waals surface area contributed by atoms with Crippen molar-refractivity contribution in [2.75, 3.05) is 6.61 Å². The molecule has 0 aromatic carbocycles. The lowest BCUT2D eigenvalue weighted by Gasteiger charge is -2.55. The Bertz CT molecular complexity index is 995. The number of fused-ring (bicyclic) bond motifs is 3. The molecular formula is C28H41FO4Si. The van der Waals surface area contributed by atoms with Crippen molar-refractivity contribution in [1.82, 2.24) is 0 Å². The van der Waals surface area contributed by atoms with Crippen molar-refractivity contribution >= 4 is 19.9 Å². The summed E-state index contributed by atoms with van der Waals surface area (Å²) in [5.41, 5.74) is -0.665. The van der Waals surface area contributed by atoms with Gasteiger partial charge in [-0.25, -0.2) is 4.39 Å². The molecular weight excluding hydrogens is 447 g/mol. The SMILES string of the molecule is C[C@@H]1C[C@H]2[C@@H]3CC(F)C4=CC(=O)C=C[C@]4(C)[C@@]34O[C@H]4C[C@]2(C)[C@@H]1C(=O)CO[Si](C)(C)C(C)(C)C. The molecule has 4 aliphatic carbocycles. The summed E-state index contributed by atoms with van der Waals surface area (Å²) in [6.45, 7) is 17.6. The highest BCUT2D eigenvalue weighted by molar-refractivity contribution is 6.74. The second-order valence-electron chi connectivity index (χ2n) is 13.8. The van der Waals surface area contributed by atoms with E-state index in [2.05, 4.69) is 54.6 Å². The average molecular weight is 489 g/mol. The van der Waals surface area contributed by atoms with E-state index in [1.807, 2.05) is 6.08 Å². The van der Waals surface area contributed by atoms with Gasteiger partial charge in [-0.05, 0) is 85.2 Å². The molecule has 3 saturated carbocycles. The van der Waals surface area contributed by atoms with E-state index < -0.39 is 25.5 Å². The third-order valence-electron chi connectivity index (χ3n) is 11.0. The van der Waals surface area contributed by atoms with Gasteiger partial charge in [0.2, 0.25) is 0 Å². The smallest absolute Gasteiger partial charge is 0.192 e. The minimum absolute atomic E-state index is 0.000545. The van der Waals surface area contributed by atoms with E-state index in [0.717, 1.165) is 12.8 Å². The van der Waals surface area contributed by atoms with Crippen LogP contribution >= 0.6 is 0 Å². The van der Waals surface area contributed by atoms with E-state index in [1.54, 1.807) is 6.08 Å². The minimum Gasteiger partial charge on any atom is -0.410 e. The van der Waals surface area contributed by atoms with Crippen molar-refractivity contribution in [3.05, 3.63) is 23.8 Å². The highest BCUT2D eigenvalue weighted by Crippen LogP contribution is 2.76. The number of allylic oxidation sites excluding steroid dienone is 2. The van der Waals surface area contributed by atoms with Crippen molar-refractivity contribution < 1.29 is 23.1 Å². The van der Waals surface area contributed by atoms with Crippen molar-refractivity contribution in [3.8, 4) is 0 Å². The van der Waals surface area contributed by atoms with Gasteiger partial charge in [0.05, 0.1) is 12.7 Å². The highest BCUT2D eigenvalue weighted by Gasteiger charge is 2.80. The zero-order valence-corrected chi connectivity index (χ0v) is 23.0. The number of Topliss-reactive ketones (excluding diaryl/α,β-unsaturated/α-hetero) is 1. The second-order valence-corrected chi connectivity index (χ2v) is 18.6. The molecule has 4 nitrogen and oxygen atoms in total. The van der Waals surface area contributed by atoms with E-state index in [1.165, 1.54) is 6.08 Å². The molecule has 34 heavy (non-hydrogen) atoms. The topological polar surface area (TPSA) is 55.9 Å². The van der Waals surface area contributed by atoms with Gasteiger partial charge in [-0.1, -0.05) is 40.7 Å². The fraction of sp³-hybridized carbons (Fsp3) is 0.786. The van der Waals surface area contributed by atoms with Crippen LogP contribution in [0.1, 0.15) is 60.8 Å². The van der Waals surface area contributed by atoms with Crippen LogP contribution in [-0.4, -0.2) is 44.4 Å². The van der Waals surface area contributed by atoms with Crippen LogP contribution in [0.25, 0.3) is 0 Å². The first-order valence-electron chi connectivity index (χ1n) is 13.0. The summed E-state index contributed by atoms with van der Waals surface area (Å²) in [7, 11) is -2.02. The Hall–Kier alpha value is -1.11. The molecule has 0 radical (unpaired) electrons. The van der Waals surface area contributed by atoms with Crippen LogP contribution in [0.4, 0.5) is 4.39 Å². The lowest BCUT2D eigenvalue weighted by Crippen LogP contribution is -2.59. The summed E-state index contributed by atoms with van der Waals surface area (Å²) in [5.74, 6) is 0.503. The maximum absolute atomic E-state index is 15.6. The number of epoxide rings is 1. The van der Waals surface area contributed by atoms with E-state index in [0.29, 0.717) is 12.0 Å². The Labute approximate surface area is 204 Å². The number of carbonyl (C=O) groups is 2. The number of rotatable bonds is 4. The fourth-order valence-corrected chi connectivity index (χ4v) is 9.19. The van der Waals surface area contributed by atoms with Gasteiger partial charge >= 0.3 is 0 Å². The molecule has 5 aliphatic rings. The number of hydrogen-bond donors (Lipinski definition) is 0. The largest absolute Gasteiger partial charge is 0.410 e. The summed E-state index contributed by atoms with van der Waals surface area (Å²) in [4.78, 5) is 25.7. The minimum atomic E-state index is -2.02. The fourth-order valence-electron chi connectivity index (χ4n) is 8.25. The highest BCUT2D eigenvalue weighted by atomic mass is 28.4. The van der Waals surface area contributed by atoms with E-state index in [-0.39, 0.29) is 58.4 Å². The lowest BCUT2D eigenvalue weighted by molar-refractivity contribution is -0.132. The van der Waals surface area contributed by atoms with Crippen LogP contribution in [0.15, 0.2) is 23.8 Å². The normalized spacial score (nSPS) is 47.3. The van der Waals surface area contributed by atoms with Crippen LogP contribution in [-0.2, 0) is 18.8 Å². The molecule has 9 atom stereocenters. The Morgan fingerprint density at radius 3 is 2.56 bits per heavy atom. The van der Waals surface area contributed by atoms with Gasteiger partial charge in [-0.2, -0.15) is 0 Å². The third-order valence-corrected chi connectivity index (χ3v) is 15.5. The maximum Gasteiger partial charge on any atom is 0.192 e. The molecule has 0 bridgehead atoms. The first-order chi connectivity index (χ1) is 15.6. The summed E-state index contributed by atoms with van der Waals surface area (Å²) in [5, 5.41) is 0.0567. The molecule has 1 heterocycles. The number of carbonyl (C=O) groups excluding carboxylic acids is 2. The lowest BCUT2D eigenvalue weighted by atomic mass is 9.47. The molecule has 0 aromatic rings. The van der Waals surface area contributed by atoms with Gasteiger partial charge in [0, 0.05) is 11.3 Å². The van der Waals surface area contributed by atoms with Crippen LogP contribution < -0.4 is 0 Å². The predicted octanol–water partition coefficient (Wildman–Crippen LogP) is 5.83. The first-order valence-corrected chi connectivity index (χ1v) is 15.9. The predicted molar refractivity (Wildman–Crippen MR) is 133 cm³/mol. The van der Waals surface area contributed by atoms with Crippen LogP contribution in [0.3, 0.4) is 0 Å². The monoisotopic (exact) mass is 488 g/mol. The number of hydrogen-bond acceptors (Lipinski definition) is 4. The quantitative estimate of drug-likeness (QED) is 0.369. The van der Waals surface area contributed by atoms with Crippen LogP contribution in [0.5, 0.6) is 0 Å². The Morgan fingerprint density at radius 2 is 1.91 bits per heavy atom. The first kappa shape index (κ1) is 24.6. The molecule has 1 aliphatic heterocycles. The summed E-state index contributed by atoms with van der Waals surface area (Å²) >= 11 is 0. The Kier molecular flexibility index (Phi) is 5.22. The summed E-state index contributed by atoms with van der Waals surface area (Å²) in [6.07, 6.45) is 5.96. The van der Waals surface area contributed by atoms with Gasteiger partial charge in [0.1, 0.15) is 11.8 Å². The van der Waals surface area contributed by atoms with Crippen molar-refractivity contribution in [1.29, 1.82) is 0 Å². The standard InChI is InChI=1S/C28H41FO4Si/c1-16-11-18-19-13-21(29)20-12-17(30)9-10-27(20,6)28(19)23(33-28)14-26(18,5)24(16)22(31)15-32-34(7,8)25(2,3)4/h9-10,12,16,18-19,21,23-24H,11,13-15H2,1-8H3/t16-,18+,19+,21?,23+,24+,26+,27+,28-/m1/s1. The average Bonchev–Trinajstić information content (AvgIpc) is 3.37. The molecule has 0 N–H and O–H groups in total. The van der Waals surface area contributed by atoms with Gasteiger partial charge < -0.3 is 9.16 Å². The molecule has 1 saturated heterocycles. The summed E-state index contributed by atoms with van der Waals surface area (Å²) in [6, 6.07) is 0. The molecule has 5 rings (SSSR count). The van der Waals surface area contributed by atoms with Gasteiger partial charge in [-0.3, -0.25) is 9.59 Å². The molecule has 0 amide bonds. The van der Waals surface area contributed by atoms with Crippen LogP contribution in [0.2, 0.25) is 18.1 Å². The van der Waals surface area contributed by atoms with Crippen molar-refractivity contribution in [3.63, 3.8) is 0 Å². The zero-order valence-electron chi connectivity index (χ0n) is 22.0. The Balaban J connectivity index is 1.43. The summed E-state index contributed by atoms with van der Waals surface area (Å²) < 4.78 is 28.5. The molecule has 1 spiro atoms. The number of ketones is 2. The van der Waals surface area contributed by atoms with Gasteiger partial charge in [0.15, 0.2) is 19.9 Å². The van der Waals surface area contributed by atoms with Gasteiger partial charge in [0.25, 0.3) is 0 Å².